The van der Waals surface area contributed by atoms with E-state index in [1.165, 1.54) is 6.21 Å². The first kappa shape index (κ1) is 17.7. The first-order valence-electron chi connectivity index (χ1n) is 8.09. The van der Waals surface area contributed by atoms with Crippen LogP contribution in [0.3, 0.4) is 0 Å². The minimum Gasteiger partial charge on any atom is -0.494 e. The maximum absolute atomic E-state index is 12.0. The lowest BCUT2D eigenvalue weighted by Crippen LogP contribution is -2.32. The van der Waals surface area contributed by atoms with Gasteiger partial charge in [-0.1, -0.05) is 44.2 Å². The topological polar surface area (TPSA) is 87.4 Å². The molecule has 0 aliphatic heterocycles. The van der Waals surface area contributed by atoms with Gasteiger partial charge in [-0.25, -0.2) is 4.79 Å². The molecule has 0 atom stereocenters. The minimum atomic E-state index is -0.640. The van der Waals surface area contributed by atoms with E-state index >= 15 is 0 Å². The van der Waals surface area contributed by atoms with Gasteiger partial charge in [-0.05, 0) is 24.3 Å². The van der Waals surface area contributed by atoms with Crippen molar-refractivity contribution in [2.24, 2.45) is 10.9 Å². The monoisotopic (exact) mass is 329 g/mol. The highest BCUT2D eigenvalue weighted by Crippen LogP contribution is 2.11. The molecule has 0 aliphatic rings. The van der Waals surface area contributed by atoms with Crippen LogP contribution in [0.25, 0.3) is 0 Å². The van der Waals surface area contributed by atoms with E-state index < -0.39 is 11.2 Å². The van der Waals surface area contributed by atoms with Gasteiger partial charge in [0.05, 0.1) is 6.54 Å². The maximum Gasteiger partial charge on any atom is 0.331 e. The summed E-state index contributed by atoms with van der Waals surface area (Å²) in [5, 5.41) is 10.3. The molecule has 6 heteroatoms. The molecule has 2 N–H and O–H groups in total. The standard InChI is InChI=1S/C18H23N3O3/c1-13(2)7-6-10-19-11-15-16(22)20-18(24)21(17(15)23)12-14-8-4-3-5-9-14/h3-5,8-9,11,13,23H,6-7,10,12H2,1-2H3,(H,20,22,24). The first-order valence-corrected chi connectivity index (χ1v) is 8.09. The lowest BCUT2D eigenvalue weighted by atomic mass is 10.1. The Balaban J connectivity index is 2.23. The van der Waals surface area contributed by atoms with Crippen LogP contribution in [-0.4, -0.2) is 27.4 Å². The number of benzene rings is 1. The molecule has 0 amide bonds. The Morgan fingerprint density at radius 3 is 2.62 bits per heavy atom. The smallest absolute Gasteiger partial charge is 0.331 e. The molecule has 0 spiro atoms. The van der Waals surface area contributed by atoms with E-state index in [-0.39, 0.29) is 18.0 Å². The number of nitrogens with one attached hydrogen (secondary N) is 1. The Morgan fingerprint density at radius 1 is 1.25 bits per heavy atom. The lowest BCUT2D eigenvalue weighted by molar-refractivity contribution is 0.408. The number of nitrogens with zero attached hydrogens (tertiary/aromatic N) is 2. The molecular formula is C18H23N3O3. The molecule has 0 aliphatic carbocycles. The molecular weight excluding hydrogens is 306 g/mol. The van der Waals surface area contributed by atoms with Gasteiger partial charge in [0.15, 0.2) is 0 Å². The van der Waals surface area contributed by atoms with Gasteiger partial charge in [0, 0.05) is 12.8 Å². The van der Waals surface area contributed by atoms with Crippen LogP contribution in [0.4, 0.5) is 0 Å². The van der Waals surface area contributed by atoms with Gasteiger partial charge in [0.25, 0.3) is 5.56 Å². The molecule has 6 nitrogen and oxygen atoms in total. The van der Waals surface area contributed by atoms with Crippen molar-refractivity contribution in [1.29, 1.82) is 0 Å². The molecule has 0 saturated heterocycles. The van der Waals surface area contributed by atoms with E-state index in [0.717, 1.165) is 23.0 Å². The van der Waals surface area contributed by atoms with Crippen LogP contribution in [0.5, 0.6) is 5.88 Å². The fourth-order valence-corrected chi connectivity index (χ4v) is 2.35. The molecule has 2 aromatic rings. The Kier molecular flexibility index (Phi) is 6.12. The predicted octanol–water partition coefficient (Wildman–Crippen LogP) is 2.15. The van der Waals surface area contributed by atoms with Gasteiger partial charge in [0.1, 0.15) is 5.56 Å². The fraction of sp³-hybridized carbons (Fsp3) is 0.389. The van der Waals surface area contributed by atoms with Crippen LogP contribution < -0.4 is 11.2 Å². The van der Waals surface area contributed by atoms with Crippen LogP contribution in [0.1, 0.15) is 37.8 Å². The molecule has 2 rings (SSSR count). The summed E-state index contributed by atoms with van der Waals surface area (Å²) in [6, 6.07) is 9.25. The second-order valence-electron chi connectivity index (χ2n) is 6.14. The van der Waals surface area contributed by atoms with Gasteiger partial charge in [-0.2, -0.15) is 0 Å². The zero-order chi connectivity index (χ0) is 17.5. The van der Waals surface area contributed by atoms with Crippen molar-refractivity contribution in [3.8, 4) is 5.88 Å². The Hall–Kier alpha value is -2.63. The molecule has 1 heterocycles. The van der Waals surface area contributed by atoms with Gasteiger partial charge in [-0.3, -0.25) is 19.3 Å². The highest BCUT2D eigenvalue weighted by molar-refractivity contribution is 5.81. The SMILES string of the molecule is CC(C)CCCN=Cc1c(O)n(Cc2ccccc2)c(=O)[nH]c1=O. The summed E-state index contributed by atoms with van der Waals surface area (Å²) < 4.78 is 1.13. The number of H-pyrrole nitrogens is 1. The number of aromatic nitrogens is 2. The van der Waals surface area contributed by atoms with Crippen LogP contribution in [-0.2, 0) is 6.54 Å². The zero-order valence-electron chi connectivity index (χ0n) is 14.0. The highest BCUT2D eigenvalue weighted by atomic mass is 16.3. The molecule has 0 fully saturated rings. The van der Waals surface area contributed by atoms with E-state index in [4.69, 9.17) is 0 Å². The van der Waals surface area contributed by atoms with E-state index in [1.807, 2.05) is 30.3 Å². The van der Waals surface area contributed by atoms with Crippen molar-refractivity contribution in [2.75, 3.05) is 6.54 Å². The quantitative estimate of drug-likeness (QED) is 0.602. The van der Waals surface area contributed by atoms with Gasteiger partial charge in [-0.15, -0.1) is 0 Å². The number of hydrogen-bond donors (Lipinski definition) is 2. The summed E-state index contributed by atoms with van der Waals surface area (Å²) >= 11 is 0. The molecule has 0 saturated carbocycles. The fourth-order valence-electron chi connectivity index (χ4n) is 2.35. The van der Waals surface area contributed by atoms with Crippen molar-refractivity contribution >= 4 is 6.21 Å². The molecule has 0 unspecified atom stereocenters. The summed E-state index contributed by atoms with van der Waals surface area (Å²) in [5.74, 6) is 0.241. The maximum atomic E-state index is 12.0. The number of hydrogen-bond acceptors (Lipinski definition) is 4. The summed E-state index contributed by atoms with van der Waals surface area (Å²) in [7, 11) is 0. The van der Waals surface area contributed by atoms with E-state index in [0.29, 0.717) is 12.5 Å². The first-order chi connectivity index (χ1) is 11.5. The van der Waals surface area contributed by atoms with E-state index in [9.17, 15) is 14.7 Å². The van der Waals surface area contributed by atoms with Crippen molar-refractivity contribution in [1.82, 2.24) is 9.55 Å². The van der Waals surface area contributed by atoms with E-state index in [1.54, 1.807) is 0 Å². The van der Waals surface area contributed by atoms with Crippen molar-refractivity contribution in [3.63, 3.8) is 0 Å². The van der Waals surface area contributed by atoms with Gasteiger partial charge < -0.3 is 5.11 Å². The summed E-state index contributed by atoms with van der Waals surface area (Å²) in [6.07, 6.45) is 3.30. The summed E-state index contributed by atoms with van der Waals surface area (Å²) in [6.45, 7) is 5.03. The second kappa shape index (κ2) is 8.29. The van der Waals surface area contributed by atoms with Crippen LogP contribution in [0.2, 0.25) is 0 Å². The van der Waals surface area contributed by atoms with Crippen molar-refractivity contribution in [2.45, 2.75) is 33.2 Å². The average molecular weight is 329 g/mol. The Bertz CT molecular complexity index is 804. The summed E-state index contributed by atoms with van der Waals surface area (Å²) in [5.41, 5.74) is -0.412. The summed E-state index contributed by atoms with van der Waals surface area (Å²) in [4.78, 5) is 30.3. The third-order valence-corrected chi connectivity index (χ3v) is 3.68. The van der Waals surface area contributed by atoms with Gasteiger partial charge in [0.2, 0.25) is 5.88 Å². The Morgan fingerprint density at radius 2 is 1.96 bits per heavy atom. The third-order valence-electron chi connectivity index (χ3n) is 3.68. The Labute approximate surface area is 140 Å². The largest absolute Gasteiger partial charge is 0.494 e. The second-order valence-corrected chi connectivity index (χ2v) is 6.14. The molecule has 1 aromatic heterocycles. The molecule has 0 radical (unpaired) electrons. The predicted molar refractivity (Wildman–Crippen MR) is 95.1 cm³/mol. The third kappa shape index (κ3) is 4.68. The molecule has 128 valence electrons. The molecule has 24 heavy (non-hydrogen) atoms. The average Bonchev–Trinajstić information content (AvgIpc) is 2.54. The van der Waals surface area contributed by atoms with Gasteiger partial charge >= 0.3 is 5.69 Å². The van der Waals surface area contributed by atoms with Crippen LogP contribution in [0.15, 0.2) is 44.9 Å². The lowest BCUT2D eigenvalue weighted by Gasteiger charge is -2.09. The minimum absolute atomic E-state index is 0.00933. The van der Waals surface area contributed by atoms with Crippen molar-refractivity contribution in [3.05, 3.63) is 62.3 Å². The van der Waals surface area contributed by atoms with E-state index in [2.05, 4.69) is 23.8 Å². The number of rotatable bonds is 7. The van der Waals surface area contributed by atoms with Crippen LogP contribution >= 0.6 is 0 Å². The molecule has 1 aromatic carbocycles. The number of aromatic hydroxyl groups is 1. The normalized spacial score (nSPS) is 11.5. The zero-order valence-corrected chi connectivity index (χ0v) is 14.0. The highest BCUT2D eigenvalue weighted by Gasteiger charge is 2.12. The van der Waals surface area contributed by atoms with Crippen molar-refractivity contribution < 1.29 is 5.11 Å². The number of aromatic amines is 1. The number of aliphatic imine (C=N–C) groups is 1. The van der Waals surface area contributed by atoms with Crippen LogP contribution in [0, 0.1) is 5.92 Å². The molecule has 0 bridgehead atoms.